The van der Waals surface area contributed by atoms with E-state index in [1.807, 2.05) is 36.7 Å². The molecule has 0 spiro atoms. The number of carbonyl (C=O) groups excluding carboxylic acids is 2. The topological polar surface area (TPSA) is 64.4 Å². The molecule has 2 aromatic rings. The molecule has 1 aromatic heterocycles. The summed E-state index contributed by atoms with van der Waals surface area (Å²) < 4.78 is 6.98. The van der Waals surface area contributed by atoms with Gasteiger partial charge in [-0.1, -0.05) is 0 Å². The van der Waals surface area contributed by atoms with Crippen molar-refractivity contribution in [3.8, 4) is 5.69 Å². The molecular weight excluding hydrogens is 350 g/mol. The summed E-state index contributed by atoms with van der Waals surface area (Å²) in [5.74, 6) is 0.940. The van der Waals surface area contributed by atoms with Gasteiger partial charge in [0, 0.05) is 29.3 Å². The van der Waals surface area contributed by atoms with E-state index in [2.05, 4.69) is 5.10 Å². The minimum atomic E-state index is -0.517. The second-order valence-corrected chi connectivity index (χ2v) is 7.38. The van der Waals surface area contributed by atoms with E-state index in [0.717, 1.165) is 22.8 Å². The molecule has 1 fully saturated rings. The van der Waals surface area contributed by atoms with Crippen LogP contribution in [0.15, 0.2) is 30.3 Å². The third-order valence-corrected chi connectivity index (χ3v) is 5.34. The zero-order valence-electron chi connectivity index (χ0n) is 15.3. The monoisotopic (exact) mass is 373 g/mol. The Hall–Kier alpha value is -2.28. The van der Waals surface area contributed by atoms with Crippen molar-refractivity contribution in [2.75, 3.05) is 24.7 Å². The molecule has 3 rings (SSSR count). The molecule has 1 saturated heterocycles. The van der Waals surface area contributed by atoms with Crippen LogP contribution in [0.25, 0.3) is 5.69 Å². The van der Waals surface area contributed by atoms with Crippen molar-refractivity contribution in [2.24, 2.45) is 0 Å². The number of rotatable bonds is 4. The minimum Gasteiger partial charge on any atom is -0.464 e. The molecule has 0 unspecified atom stereocenters. The fourth-order valence-corrected chi connectivity index (χ4v) is 4.11. The Morgan fingerprint density at radius 3 is 2.62 bits per heavy atom. The van der Waals surface area contributed by atoms with E-state index in [0.29, 0.717) is 24.5 Å². The van der Waals surface area contributed by atoms with Crippen molar-refractivity contribution in [3.63, 3.8) is 0 Å². The molecule has 0 aliphatic carbocycles. The third-order valence-electron chi connectivity index (χ3n) is 4.32. The lowest BCUT2D eigenvalue weighted by Crippen LogP contribution is -2.51. The highest BCUT2D eigenvalue weighted by Gasteiger charge is 2.34. The number of amides is 1. The molecule has 2 heterocycles. The van der Waals surface area contributed by atoms with Crippen LogP contribution in [0.1, 0.15) is 28.7 Å². The van der Waals surface area contributed by atoms with E-state index in [9.17, 15) is 9.59 Å². The molecule has 7 heteroatoms. The Balaban J connectivity index is 1.80. The van der Waals surface area contributed by atoms with Crippen LogP contribution in [0, 0.1) is 13.8 Å². The quantitative estimate of drug-likeness (QED) is 0.771. The first-order valence-corrected chi connectivity index (χ1v) is 9.85. The van der Waals surface area contributed by atoms with Crippen LogP contribution in [-0.2, 0) is 9.53 Å². The van der Waals surface area contributed by atoms with Gasteiger partial charge < -0.3 is 9.64 Å². The molecule has 0 N–H and O–H groups in total. The summed E-state index contributed by atoms with van der Waals surface area (Å²) in [7, 11) is 0. The highest BCUT2D eigenvalue weighted by Crippen LogP contribution is 2.21. The SMILES string of the molecule is CCOC(=O)[C@@H]1CSCCN1C(=O)c1ccc(-n2nc(C)cc2C)cc1. The number of hydrogen-bond acceptors (Lipinski definition) is 5. The molecule has 26 heavy (non-hydrogen) atoms. The van der Waals surface area contributed by atoms with Crippen molar-refractivity contribution in [1.82, 2.24) is 14.7 Å². The van der Waals surface area contributed by atoms with Crippen molar-refractivity contribution in [2.45, 2.75) is 26.8 Å². The van der Waals surface area contributed by atoms with Crippen LogP contribution in [0.4, 0.5) is 0 Å². The maximum Gasteiger partial charge on any atom is 0.329 e. The molecule has 138 valence electrons. The fraction of sp³-hybridized carbons (Fsp3) is 0.421. The van der Waals surface area contributed by atoms with Crippen LogP contribution in [0.5, 0.6) is 0 Å². The predicted molar refractivity (Wildman–Crippen MR) is 102 cm³/mol. The zero-order valence-corrected chi connectivity index (χ0v) is 16.1. The first kappa shape index (κ1) is 18.5. The lowest BCUT2D eigenvalue weighted by Gasteiger charge is -2.33. The molecule has 1 aromatic carbocycles. The third kappa shape index (κ3) is 3.77. The Bertz CT molecular complexity index is 801. The van der Waals surface area contributed by atoms with Crippen LogP contribution < -0.4 is 0 Å². The molecule has 0 saturated carbocycles. The van der Waals surface area contributed by atoms with E-state index in [-0.39, 0.29) is 11.9 Å². The van der Waals surface area contributed by atoms with Gasteiger partial charge in [-0.2, -0.15) is 16.9 Å². The number of aryl methyl sites for hydroxylation is 2. The van der Waals surface area contributed by atoms with Gasteiger partial charge in [0.2, 0.25) is 0 Å². The normalized spacial score (nSPS) is 17.2. The van der Waals surface area contributed by atoms with Gasteiger partial charge in [-0.05, 0) is 51.1 Å². The summed E-state index contributed by atoms with van der Waals surface area (Å²) in [5, 5.41) is 4.46. The number of nitrogens with zero attached hydrogens (tertiary/aromatic N) is 3. The van der Waals surface area contributed by atoms with Gasteiger partial charge in [0.15, 0.2) is 0 Å². The lowest BCUT2D eigenvalue weighted by molar-refractivity contribution is -0.147. The summed E-state index contributed by atoms with van der Waals surface area (Å²) in [6.07, 6.45) is 0. The highest BCUT2D eigenvalue weighted by molar-refractivity contribution is 7.99. The molecule has 1 atom stereocenters. The largest absolute Gasteiger partial charge is 0.464 e. The van der Waals surface area contributed by atoms with E-state index < -0.39 is 6.04 Å². The summed E-state index contributed by atoms with van der Waals surface area (Å²) in [5.41, 5.74) is 3.46. The number of carbonyl (C=O) groups is 2. The van der Waals surface area contributed by atoms with Crippen molar-refractivity contribution >= 4 is 23.6 Å². The zero-order chi connectivity index (χ0) is 18.7. The van der Waals surface area contributed by atoms with Gasteiger partial charge >= 0.3 is 5.97 Å². The van der Waals surface area contributed by atoms with Crippen LogP contribution in [-0.4, -0.2) is 57.3 Å². The number of ether oxygens (including phenoxy) is 1. The van der Waals surface area contributed by atoms with Gasteiger partial charge in [-0.15, -0.1) is 0 Å². The molecule has 1 aliphatic heterocycles. The Labute approximate surface area is 157 Å². The number of aromatic nitrogens is 2. The summed E-state index contributed by atoms with van der Waals surface area (Å²) in [6.45, 7) is 6.59. The van der Waals surface area contributed by atoms with Gasteiger partial charge in [0.05, 0.1) is 18.0 Å². The van der Waals surface area contributed by atoms with Crippen LogP contribution >= 0.6 is 11.8 Å². The first-order valence-electron chi connectivity index (χ1n) is 8.70. The molecule has 6 nitrogen and oxygen atoms in total. The Morgan fingerprint density at radius 1 is 1.27 bits per heavy atom. The Kier molecular flexibility index (Phi) is 5.66. The number of benzene rings is 1. The second kappa shape index (κ2) is 7.95. The fourth-order valence-electron chi connectivity index (χ4n) is 3.08. The molecule has 0 bridgehead atoms. The van der Waals surface area contributed by atoms with Gasteiger partial charge in [0.1, 0.15) is 6.04 Å². The van der Waals surface area contributed by atoms with Gasteiger partial charge in [-0.3, -0.25) is 4.79 Å². The standard InChI is InChI=1S/C19H23N3O3S/c1-4-25-19(24)17-12-26-10-9-21(17)18(23)15-5-7-16(8-6-15)22-14(3)11-13(2)20-22/h5-8,11,17H,4,9-10,12H2,1-3H3/t17-/m0/s1. The Morgan fingerprint density at radius 2 is 2.00 bits per heavy atom. The molecule has 1 aliphatic rings. The van der Waals surface area contributed by atoms with Crippen LogP contribution in [0.3, 0.4) is 0 Å². The molecule has 1 amide bonds. The van der Waals surface area contributed by atoms with Crippen LogP contribution in [0.2, 0.25) is 0 Å². The van der Waals surface area contributed by atoms with Gasteiger partial charge in [-0.25, -0.2) is 9.48 Å². The summed E-state index contributed by atoms with van der Waals surface area (Å²) in [4.78, 5) is 26.7. The molecule has 0 radical (unpaired) electrons. The maximum absolute atomic E-state index is 12.9. The molecular formula is C19H23N3O3S. The predicted octanol–water partition coefficient (Wildman–Crippen LogP) is 2.61. The average molecular weight is 373 g/mol. The van der Waals surface area contributed by atoms with E-state index in [4.69, 9.17) is 4.74 Å². The van der Waals surface area contributed by atoms with E-state index in [1.54, 1.807) is 35.7 Å². The summed E-state index contributed by atoms with van der Waals surface area (Å²) >= 11 is 1.67. The van der Waals surface area contributed by atoms with E-state index >= 15 is 0 Å². The number of thioether (sulfide) groups is 1. The van der Waals surface area contributed by atoms with Gasteiger partial charge in [0.25, 0.3) is 5.91 Å². The van der Waals surface area contributed by atoms with E-state index in [1.165, 1.54) is 0 Å². The lowest BCUT2D eigenvalue weighted by atomic mass is 10.1. The van der Waals surface area contributed by atoms with Crippen molar-refractivity contribution < 1.29 is 14.3 Å². The first-order chi connectivity index (χ1) is 12.5. The van der Waals surface area contributed by atoms with Crippen molar-refractivity contribution in [3.05, 3.63) is 47.3 Å². The summed E-state index contributed by atoms with van der Waals surface area (Å²) in [6, 6.07) is 8.83. The smallest absolute Gasteiger partial charge is 0.329 e. The highest BCUT2D eigenvalue weighted by atomic mass is 32.2. The number of esters is 1. The van der Waals surface area contributed by atoms with Crippen molar-refractivity contribution in [1.29, 1.82) is 0 Å². The minimum absolute atomic E-state index is 0.136. The second-order valence-electron chi connectivity index (χ2n) is 6.23. The maximum atomic E-state index is 12.9. The average Bonchev–Trinajstić information content (AvgIpc) is 2.99. The number of hydrogen-bond donors (Lipinski definition) is 0.